The molecule has 0 aromatic rings. The van der Waals surface area contributed by atoms with Crippen molar-refractivity contribution in [2.24, 2.45) is 28.2 Å². The summed E-state index contributed by atoms with van der Waals surface area (Å²) in [5, 5.41) is 9.42. The van der Waals surface area contributed by atoms with Gasteiger partial charge >= 0.3 is 0 Å². The number of likely N-dealkylation sites (tertiary alicyclic amines) is 1. The van der Waals surface area contributed by atoms with Crippen LogP contribution in [-0.2, 0) is 9.59 Å². The Hall–Kier alpha value is -2.83. The lowest BCUT2D eigenvalue weighted by Crippen LogP contribution is -2.39. The molecule has 0 spiro atoms. The molecule has 32 heavy (non-hydrogen) atoms. The Morgan fingerprint density at radius 1 is 1.38 bits per heavy atom. The number of rotatable bonds is 6. The number of carbonyl (C=O) groups excluding carboxylic acids is 2. The molecular formula is C25H37N5O2. The molecule has 3 N–H and O–H groups in total. The zero-order valence-corrected chi connectivity index (χ0v) is 19.8. The highest BCUT2D eigenvalue weighted by molar-refractivity contribution is 5.89. The Morgan fingerprint density at radius 2 is 2.16 bits per heavy atom. The SMILES string of the molecule is C=CC(=O)NC1=CC(C)C(C(=O)N2CCC(CCNC3=NCC(C(C)(C)C)=CN3)C2)C=C1. The predicted octanol–water partition coefficient (Wildman–Crippen LogP) is 2.71. The molecule has 1 fully saturated rings. The van der Waals surface area contributed by atoms with E-state index < -0.39 is 0 Å². The minimum absolute atomic E-state index is 0.0368. The number of amides is 2. The van der Waals surface area contributed by atoms with E-state index in [0.717, 1.165) is 50.7 Å². The van der Waals surface area contributed by atoms with Crippen LogP contribution in [-0.4, -0.2) is 48.9 Å². The van der Waals surface area contributed by atoms with Crippen LogP contribution in [0.1, 0.15) is 40.5 Å². The first-order valence-electron chi connectivity index (χ1n) is 11.5. The molecule has 2 amide bonds. The number of carbonyl (C=O) groups is 2. The zero-order valence-electron chi connectivity index (χ0n) is 19.8. The van der Waals surface area contributed by atoms with Gasteiger partial charge in [0, 0.05) is 31.5 Å². The molecule has 0 bridgehead atoms. The lowest BCUT2D eigenvalue weighted by Gasteiger charge is -2.27. The first kappa shape index (κ1) is 23.8. The van der Waals surface area contributed by atoms with Crippen molar-refractivity contribution in [2.75, 3.05) is 26.2 Å². The Labute approximate surface area is 191 Å². The summed E-state index contributed by atoms with van der Waals surface area (Å²) in [6.07, 6.45) is 11.0. The Balaban J connectivity index is 1.41. The second-order valence-corrected chi connectivity index (χ2v) is 9.94. The first-order chi connectivity index (χ1) is 15.2. The summed E-state index contributed by atoms with van der Waals surface area (Å²) in [7, 11) is 0. The largest absolute Gasteiger partial charge is 0.356 e. The van der Waals surface area contributed by atoms with Gasteiger partial charge in [-0.15, -0.1) is 0 Å². The molecular weight excluding hydrogens is 402 g/mol. The third-order valence-electron chi connectivity index (χ3n) is 6.43. The van der Waals surface area contributed by atoms with Crippen LogP contribution in [0.25, 0.3) is 0 Å². The highest BCUT2D eigenvalue weighted by Gasteiger charge is 2.33. The molecule has 7 heteroatoms. The number of guanidine groups is 1. The Morgan fingerprint density at radius 3 is 2.78 bits per heavy atom. The van der Waals surface area contributed by atoms with Gasteiger partial charge in [-0.2, -0.15) is 0 Å². The summed E-state index contributed by atoms with van der Waals surface area (Å²) >= 11 is 0. The third-order valence-corrected chi connectivity index (χ3v) is 6.43. The summed E-state index contributed by atoms with van der Waals surface area (Å²) in [5.41, 5.74) is 2.15. The number of aliphatic imine (C=N–C) groups is 1. The van der Waals surface area contributed by atoms with Crippen LogP contribution >= 0.6 is 0 Å². The summed E-state index contributed by atoms with van der Waals surface area (Å²) in [6.45, 7) is 15.2. The van der Waals surface area contributed by atoms with Crippen molar-refractivity contribution in [3.63, 3.8) is 0 Å². The van der Waals surface area contributed by atoms with Gasteiger partial charge in [0.2, 0.25) is 11.8 Å². The lowest BCUT2D eigenvalue weighted by molar-refractivity contribution is -0.134. The summed E-state index contributed by atoms with van der Waals surface area (Å²) in [4.78, 5) is 31.1. The van der Waals surface area contributed by atoms with Crippen LogP contribution in [0.2, 0.25) is 0 Å². The van der Waals surface area contributed by atoms with Crippen molar-refractivity contribution in [3.05, 3.63) is 48.4 Å². The maximum absolute atomic E-state index is 13.1. The monoisotopic (exact) mass is 439 g/mol. The van der Waals surface area contributed by atoms with Crippen LogP contribution in [0, 0.1) is 23.2 Å². The van der Waals surface area contributed by atoms with E-state index >= 15 is 0 Å². The minimum atomic E-state index is -0.242. The van der Waals surface area contributed by atoms with Gasteiger partial charge in [-0.05, 0) is 47.8 Å². The van der Waals surface area contributed by atoms with Gasteiger partial charge in [0.15, 0.2) is 5.96 Å². The molecule has 3 rings (SSSR count). The summed E-state index contributed by atoms with van der Waals surface area (Å²) in [5.74, 6) is 1.12. The smallest absolute Gasteiger partial charge is 0.247 e. The van der Waals surface area contributed by atoms with Crippen molar-refractivity contribution in [3.8, 4) is 0 Å². The van der Waals surface area contributed by atoms with Crippen LogP contribution in [0.15, 0.2) is 53.3 Å². The first-order valence-corrected chi connectivity index (χ1v) is 11.5. The molecule has 0 saturated carbocycles. The lowest BCUT2D eigenvalue weighted by atomic mass is 9.87. The standard InChI is InChI=1S/C25H37N5O2/c1-6-22(31)29-20-7-8-21(17(2)13-20)23(32)30-12-10-18(16-30)9-11-26-24-27-14-19(15-28-24)25(3,4)5/h6-8,13-14,17-18,21H,1,9-12,15-16H2,2-5H3,(H,29,31)(H2,26,27,28). The van der Waals surface area contributed by atoms with Crippen molar-refractivity contribution in [2.45, 2.75) is 40.5 Å². The second-order valence-electron chi connectivity index (χ2n) is 9.94. The predicted molar refractivity (Wildman–Crippen MR) is 128 cm³/mol. The van der Waals surface area contributed by atoms with E-state index in [-0.39, 0.29) is 29.1 Å². The van der Waals surface area contributed by atoms with Gasteiger partial charge in [-0.25, -0.2) is 4.99 Å². The normalized spacial score (nSPS) is 25.3. The second kappa shape index (κ2) is 10.2. The van der Waals surface area contributed by atoms with E-state index in [0.29, 0.717) is 5.92 Å². The van der Waals surface area contributed by atoms with Crippen LogP contribution in [0.5, 0.6) is 0 Å². The molecule has 0 aromatic carbocycles. The van der Waals surface area contributed by atoms with Crippen LogP contribution in [0.3, 0.4) is 0 Å². The molecule has 3 unspecified atom stereocenters. The molecule has 2 aliphatic heterocycles. The minimum Gasteiger partial charge on any atom is -0.356 e. The molecule has 0 aromatic heterocycles. The van der Waals surface area contributed by atoms with E-state index in [1.54, 1.807) is 0 Å². The van der Waals surface area contributed by atoms with E-state index in [2.05, 4.69) is 54.5 Å². The van der Waals surface area contributed by atoms with Gasteiger partial charge in [-0.1, -0.05) is 46.4 Å². The van der Waals surface area contributed by atoms with E-state index in [1.807, 2.05) is 30.1 Å². The molecule has 7 nitrogen and oxygen atoms in total. The molecule has 3 aliphatic rings. The Bertz CT molecular complexity index is 862. The molecule has 174 valence electrons. The molecule has 2 heterocycles. The van der Waals surface area contributed by atoms with Gasteiger partial charge in [0.1, 0.15) is 0 Å². The number of hydrogen-bond donors (Lipinski definition) is 3. The maximum Gasteiger partial charge on any atom is 0.247 e. The topological polar surface area (TPSA) is 85.8 Å². The molecule has 1 saturated heterocycles. The number of allylic oxidation sites excluding steroid dienone is 2. The molecule has 3 atom stereocenters. The van der Waals surface area contributed by atoms with E-state index in [1.165, 1.54) is 11.6 Å². The average Bonchev–Trinajstić information content (AvgIpc) is 3.22. The Kier molecular flexibility index (Phi) is 7.59. The number of nitrogens with zero attached hydrogens (tertiary/aromatic N) is 2. The fourth-order valence-corrected chi connectivity index (χ4v) is 4.25. The van der Waals surface area contributed by atoms with Gasteiger partial charge in [-0.3, -0.25) is 9.59 Å². The molecule has 1 aliphatic carbocycles. The quantitative estimate of drug-likeness (QED) is 0.556. The van der Waals surface area contributed by atoms with E-state index in [4.69, 9.17) is 0 Å². The van der Waals surface area contributed by atoms with Gasteiger partial charge in [0.25, 0.3) is 0 Å². The number of nitrogens with one attached hydrogen (secondary N) is 3. The van der Waals surface area contributed by atoms with Crippen molar-refractivity contribution in [1.82, 2.24) is 20.9 Å². The highest BCUT2D eigenvalue weighted by Crippen LogP contribution is 2.28. The fourth-order valence-electron chi connectivity index (χ4n) is 4.25. The summed E-state index contributed by atoms with van der Waals surface area (Å²) in [6, 6.07) is 0. The van der Waals surface area contributed by atoms with E-state index in [9.17, 15) is 9.59 Å². The maximum atomic E-state index is 13.1. The number of hydrogen-bond acceptors (Lipinski definition) is 5. The van der Waals surface area contributed by atoms with Crippen LogP contribution < -0.4 is 16.0 Å². The molecule has 0 radical (unpaired) electrons. The van der Waals surface area contributed by atoms with Crippen molar-refractivity contribution in [1.29, 1.82) is 0 Å². The zero-order chi connectivity index (χ0) is 23.3. The highest BCUT2D eigenvalue weighted by atomic mass is 16.2. The van der Waals surface area contributed by atoms with Gasteiger partial charge < -0.3 is 20.9 Å². The van der Waals surface area contributed by atoms with Gasteiger partial charge in [0.05, 0.1) is 12.5 Å². The van der Waals surface area contributed by atoms with Crippen molar-refractivity contribution < 1.29 is 9.59 Å². The summed E-state index contributed by atoms with van der Waals surface area (Å²) < 4.78 is 0. The van der Waals surface area contributed by atoms with Crippen LogP contribution in [0.4, 0.5) is 0 Å². The van der Waals surface area contributed by atoms with Crippen molar-refractivity contribution >= 4 is 17.8 Å². The fraction of sp³-hybridized carbons (Fsp3) is 0.560. The third kappa shape index (κ3) is 6.11. The average molecular weight is 440 g/mol.